The van der Waals surface area contributed by atoms with Crippen LogP contribution in [0.3, 0.4) is 0 Å². The first kappa shape index (κ1) is 17.6. The highest BCUT2D eigenvalue weighted by Crippen LogP contribution is 2.24. The number of hydrogen-bond acceptors (Lipinski definition) is 4. The number of nitrogens with one attached hydrogen (secondary N) is 1. The third kappa shape index (κ3) is 3.57. The number of nitrogens with zero attached hydrogens (tertiary/aromatic N) is 3. The molecule has 0 aliphatic rings. The summed E-state index contributed by atoms with van der Waals surface area (Å²) >= 11 is 5.86. The molecular formula is C18H15ClN4O3. The predicted molar refractivity (Wildman–Crippen MR) is 99.1 cm³/mol. The monoisotopic (exact) mass is 370 g/mol. The molecule has 0 aliphatic carbocycles. The number of carbonyl (C=O) groups excluding carboxylic acids is 1. The number of rotatable bonds is 4. The normalized spacial score (nSPS) is 10.6. The molecule has 0 fully saturated rings. The van der Waals surface area contributed by atoms with E-state index in [-0.39, 0.29) is 22.1 Å². The molecule has 0 saturated heterocycles. The van der Waals surface area contributed by atoms with Gasteiger partial charge in [0.2, 0.25) is 0 Å². The molecule has 1 N–H and O–H groups in total. The van der Waals surface area contributed by atoms with Crippen molar-refractivity contribution in [3.05, 3.63) is 80.5 Å². The number of nitro groups is 1. The third-order valence-corrected chi connectivity index (χ3v) is 4.22. The number of nitro benzene ring substituents is 1. The summed E-state index contributed by atoms with van der Waals surface area (Å²) in [6.45, 7) is 4.02. The summed E-state index contributed by atoms with van der Waals surface area (Å²) in [7, 11) is 0. The van der Waals surface area contributed by atoms with Crippen LogP contribution in [-0.2, 0) is 0 Å². The molecular weight excluding hydrogens is 356 g/mol. The van der Waals surface area contributed by atoms with Gasteiger partial charge in [0.25, 0.3) is 11.6 Å². The molecule has 2 aromatic carbocycles. The van der Waals surface area contributed by atoms with Crippen LogP contribution in [0.25, 0.3) is 5.69 Å². The van der Waals surface area contributed by atoms with Crippen molar-refractivity contribution in [2.24, 2.45) is 0 Å². The van der Waals surface area contributed by atoms with Crippen LogP contribution in [-0.4, -0.2) is 20.6 Å². The lowest BCUT2D eigenvalue weighted by atomic mass is 10.1. The number of anilines is 1. The van der Waals surface area contributed by atoms with Crippen molar-refractivity contribution >= 4 is 29.0 Å². The highest BCUT2D eigenvalue weighted by Gasteiger charge is 2.21. The minimum Gasteiger partial charge on any atom is -0.305 e. The molecule has 3 aromatic rings. The first-order valence-electron chi connectivity index (χ1n) is 7.74. The standard InChI is InChI=1S/C18H15ClN4O3/c1-11-3-5-14(9-12(11)2)22-8-7-17(21-22)20-18(24)15-10-13(19)4-6-16(15)23(25)26/h3-10H,1-2H3,(H,20,21,24). The Bertz CT molecular complexity index is 1010. The van der Waals surface area contributed by atoms with Crippen molar-refractivity contribution in [1.82, 2.24) is 9.78 Å². The van der Waals surface area contributed by atoms with Crippen molar-refractivity contribution in [3.63, 3.8) is 0 Å². The highest BCUT2D eigenvalue weighted by molar-refractivity contribution is 6.31. The summed E-state index contributed by atoms with van der Waals surface area (Å²) in [6.07, 6.45) is 1.70. The van der Waals surface area contributed by atoms with Crippen LogP contribution >= 0.6 is 11.6 Å². The zero-order valence-corrected chi connectivity index (χ0v) is 14.8. The van der Waals surface area contributed by atoms with Crippen molar-refractivity contribution in [3.8, 4) is 5.69 Å². The van der Waals surface area contributed by atoms with E-state index in [0.717, 1.165) is 11.3 Å². The molecule has 0 bridgehead atoms. The number of halogens is 1. The minimum atomic E-state index is -0.649. The van der Waals surface area contributed by atoms with Crippen LogP contribution in [0.1, 0.15) is 21.5 Å². The molecule has 132 valence electrons. The van der Waals surface area contributed by atoms with Gasteiger partial charge >= 0.3 is 0 Å². The Morgan fingerprint density at radius 3 is 2.62 bits per heavy atom. The van der Waals surface area contributed by atoms with Gasteiger partial charge in [-0.25, -0.2) is 4.68 Å². The second-order valence-corrected chi connectivity index (χ2v) is 6.22. The van der Waals surface area contributed by atoms with Crippen molar-refractivity contribution in [2.75, 3.05) is 5.32 Å². The molecule has 0 aliphatic heterocycles. The Hall–Kier alpha value is -3.19. The number of hydrogen-bond donors (Lipinski definition) is 1. The van der Waals surface area contributed by atoms with Crippen LogP contribution in [0.15, 0.2) is 48.7 Å². The molecule has 1 heterocycles. The molecule has 8 heteroatoms. The summed E-state index contributed by atoms with van der Waals surface area (Å²) in [5, 5.41) is 18.2. The van der Waals surface area contributed by atoms with Crippen molar-refractivity contribution < 1.29 is 9.72 Å². The fourth-order valence-electron chi connectivity index (χ4n) is 2.44. The minimum absolute atomic E-state index is 0.122. The number of benzene rings is 2. The highest BCUT2D eigenvalue weighted by atomic mass is 35.5. The van der Waals surface area contributed by atoms with Crippen LogP contribution in [0.4, 0.5) is 11.5 Å². The van der Waals surface area contributed by atoms with Gasteiger partial charge in [0.05, 0.1) is 10.6 Å². The fraction of sp³-hybridized carbons (Fsp3) is 0.111. The van der Waals surface area contributed by atoms with Gasteiger partial charge in [-0.2, -0.15) is 5.10 Å². The molecule has 1 aromatic heterocycles. The van der Waals surface area contributed by atoms with Gasteiger partial charge in [0.15, 0.2) is 5.82 Å². The second kappa shape index (κ2) is 6.97. The van der Waals surface area contributed by atoms with E-state index in [9.17, 15) is 14.9 Å². The average Bonchev–Trinajstić information content (AvgIpc) is 3.05. The maximum atomic E-state index is 12.4. The first-order chi connectivity index (χ1) is 12.3. The Morgan fingerprint density at radius 1 is 1.15 bits per heavy atom. The van der Waals surface area contributed by atoms with Gasteiger partial charge in [-0.3, -0.25) is 14.9 Å². The summed E-state index contributed by atoms with van der Waals surface area (Å²) in [5.41, 5.74) is 2.70. The summed E-state index contributed by atoms with van der Waals surface area (Å²) in [6, 6.07) is 11.3. The zero-order chi connectivity index (χ0) is 18.8. The lowest BCUT2D eigenvalue weighted by molar-refractivity contribution is -0.385. The smallest absolute Gasteiger partial charge is 0.282 e. The van der Waals surface area contributed by atoms with E-state index in [4.69, 9.17) is 11.6 Å². The molecule has 0 saturated carbocycles. The van der Waals surface area contributed by atoms with Crippen LogP contribution < -0.4 is 5.32 Å². The van der Waals surface area contributed by atoms with Gasteiger partial charge in [-0.1, -0.05) is 17.7 Å². The lowest BCUT2D eigenvalue weighted by Gasteiger charge is -2.06. The Morgan fingerprint density at radius 2 is 1.92 bits per heavy atom. The van der Waals surface area contributed by atoms with Gasteiger partial charge in [-0.05, 0) is 49.2 Å². The van der Waals surface area contributed by atoms with Crippen LogP contribution in [0, 0.1) is 24.0 Å². The average molecular weight is 371 g/mol. The SMILES string of the molecule is Cc1ccc(-n2ccc(NC(=O)c3cc(Cl)ccc3[N+](=O)[O-])n2)cc1C. The molecule has 3 rings (SSSR count). The molecule has 0 spiro atoms. The quantitative estimate of drug-likeness (QED) is 0.547. The molecule has 0 radical (unpaired) electrons. The fourth-order valence-corrected chi connectivity index (χ4v) is 2.61. The zero-order valence-electron chi connectivity index (χ0n) is 14.1. The van der Waals surface area contributed by atoms with E-state index >= 15 is 0 Å². The van der Waals surface area contributed by atoms with Gasteiger partial charge < -0.3 is 5.32 Å². The Balaban J connectivity index is 1.85. The number of amides is 1. The number of aryl methyl sites for hydroxylation is 2. The topological polar surface area (TPSA) is 90.1 Å². The molecule has 0 unspecified atom stereocenters. The maximum Gasteiger partial charge on any atom is 0.282 e. The van der Waals surface area contributed by atoms with E-state index in [1.807, 2.05) is 32.0 Å². The van der Waals surface area contributed by atoms with Crippen molar-refractivity contribution in [2.45, 2.75) is 13.8 Å². The molecule has 0 atom stereocenters. The summed E-state index contributed by atoms with van der Waals surface area (Å²) in [5.74, 6) is -0.368. The van der Waals surface area contributed by atoms with Crippen LogP contribution in [0.2, 0.25) is 5.02 Å². The second-order valence-electron chi connectivity index (χ2n) is 5.79. The lowest BCUT2D eigenvalue weighted by Crippen LogP contribution is -2.14. The van der Waals surface area contributed by atoms with Gasteiger partial charge in [0.1, 0.15) is 5.56 Å². The molecule has 7 nitrogen and oxygen atoms in total. The largest absolute Gasteiger partial charge is 0.305 e. The van der Waals surface area contributed by atoms with Gasteiger partial charge in [0, 0.05) is 23.4 Å². The van der Waals surface area contributed by atoms with Crippen LogP contribution in [0.5, 0.6) is 0 Å². The Kier molecular flexibility index (Phi) is 4.73. The third-order valence-electron chi connectivity index (χ3n) is 3.99. The van der Waals surface area contributed by atoms with E-state index < -0.39 is 10.8 Å². The van der Waals surface area contributed by atoms with Gasteiger partial charge in [-0.15, -0.1) is 0 Å². The number of aromatic nitrogens is 2. The Labute approximate surface area is 154 Å². The van der Waals surface area contributed by atoms with E-state index in [1.54, 1.807) is 16.9 Å². The summed E-state index contributed by atoms with van der Waals surface area (Å²) in [4.78, 5) is 22.9. The van der Waals surface area contributed by atoms with E-state index in [1.165, 1.54) is 23.8 Å². The van der Waals surface area contributed by atoms with E-state index in [0.29, 0.717) is 0 Å². The number of carbonyl (C=O) groups is 1. The first-order valence-corrected chi connectivity index (χ1v) is 8.11. The van der Waals surface area contributed by atoms with E-state index in [2.05, 4.69) is 10.4 Å². The maximum absolute atomic E-state index is 12.4. The predicted octanol–water partition coefficient (Wildman–Crippen LogP) is 4.30. The summed E-state index contributed by atoms with van der Waals surface area (Å²) < 4.78 is 1.62. The molecule has 1 amide bonds. The van der Waals surface area contributed by atoms with Crippen molar-refractivity contribution in [1.29, 1.82) is 0 Å². The molecule has 26 heavy (non-hydrogen) atoms.